The van der Waals surface area contributed by atoms with Crippen LogP contribution in [0.2, 0.25) is 0 Å². The van der Waals surface area contributed by atoms with E-state index < -0.39 is 5.25 Å². The SMILES string of the molecule is CCc1ccc(OCCC(C)C)c(NC(=O)CCCCN2C(=O)CC(S)C2=O)c1. The van der Waals surface area contributed by atoms with E-state index in [1.54, 1.807) is 0 Å². The molecule has 1 aliphatic rings. The molecule has 0 radical (unpaired) electrons. The molecule has 1 atom stereocenters. The van der Waals surface area contributed by atoms with E-state index in [9.17, 15) is 14.4 Å². The maximum Gasteiger partial charge on any atom is 0.242 e. The summed E-state index contributed by atoms with van der Waals surface area (Å²) in [5.41, 5.74) is 1.82. The molecule has 7 heteroatoms. The average Bonchev–Trinajstić information content (AvgIpc) is 2.91. The van der Waals surface area contributed by atoms with Gasteiger partial charge >= 0.3 is 0 Å². The summed E-state index contributed by atoms with van der Waals surface area (Å²) in [5.74, 6) is 0.721. The lowest BCUT2D eigenvalue weighted by Crippen LogP contribution is -2.31. The topological polar surface area (TPSA) is 75.7 Å². The van der Waals surface area contributed by atoms with E-state index in [1.807, 2.05) is 18.2 Å². The first-order valence-electron chi connectivity index (χ1n) is 10.4. The molecule has 1 fully saturated rings. The van der Waals surface area contributed by atoms with Gasteiger partial charge in [-0.25, -0.2) is 0 Å². The maximum absolute atomic E-state index is 12.4. The van der Waals surface area contributed by atoms with Crippen LogP contribution in [0.3, 0.4) is 0 Å². The van der Waals surface area contributed by atoms with Crippen molar-refractivity contribution in [3.63, 3.8) is 0 Å². The van der Waals surface area contributed by atoms with Crippen LogP contribution in [-0.2, 0) is 20.8 Å². The van der Waals surface area contributed by atoms with E-state index in [1.165, 1.54) is 4.90 Å². The number of amides is 3. The molecule has 160 valence electrons. The predicted octanol–water partition coefficient (Wildman–Crippen LogP) is 3.84. The quantitative estimate of drug-likeness (QED) is 0.324. The first kappa shape index (κ1) is 23.3. The number of hydrogen-bond donors (Lipinski definition) is 2. The molecule has 6 nitrogen and oxygen atoms in total. The number of imide groups is 1. The Bertz CT molecular complexity index is 736. The number of ether oxygens (including phenoxy) is 1. The Kier molecular flexibility index (Phi) is 9.01. The monoisotopic (exact) mass is 420 g/mol. The predicted molar refractivity (Wildman–Crippen MR) is 117 cm³/mol. The van der Waals surface area contributed by atoms with Gasteiger partial charge in [0, 0.05) is 19.4 Å². The molecule has 1 aromatic rings. The molecule has 3 amide bonds. The van der Waals surface area contributed by atoms with Gasteiger partial charge < -0.3 is 10.1 Å². The van der Waals surface area contributed by atoms with Gasteiger partial charge in [-0.1, -0.05) is 26.8 Å². The second-order valence-corrected chi connectivity index (χ2v) is 8.45. The largest absolute Gasteiger partial charge is 0.491 e. The van der Waals surface area contributed by atoms with E-state index in [0.717, 1.165) is 18.4 Å². The zero-order chi connectivity index (χ0) is 21.4. The van der Waals surface area contributed by atoms with Gasteiger partial charge in [-0.3, -0.25) is 19.3 Å². The Hall–Kier alpha value is -2.02. The lowest BCUT2D eigenvalue weighted by Gasteiger charge is -2.15. The number of carbonyl (C=O) groups excluding carboxylic acids is 3. The fourth-order valence-corrected chi connectivity index (χ4v) is 3.39. The highest BCUT2D eigenvalue weighted by Crippen LogP contribution is 2.27. The number of anilines is 1. The molecule has 0 bridgehead atoms. The van der Waals surface area contributed by atoms with Crippen molar-refractivity contribution >= 4 is 36.0 Å². The van der Waals surface area contributed by atoms with Crippen LogP contribution in [0.25, 0.3) is 0 Å². The second kappa shape index (κ2) is 11.2. The first-order chi connectivity index (χ1) is 13.8. The molecular formula is C22H32N2O4S. The molecule has 1 N–H and O–H groups in total. The summed E-state index contributed by atoms with van der Waals surface area (Å²) in [6, 6.07) is 5.88. The van der Waals surface area contributed by atoms with Crippen molar-refractivity contribution in [2.24, 2.45) is 5.92 Å². The number of carbonyl (C=O) groups is 3. The third kappa shape index (κ3) is 7.07. The molecule has 1 saturated heterocycles. The fourth-order valence-electron chi connectivity index (χ4n) is 3.09. The highest BCUT2D eigenvalue weighted by Gasteiger charge is 2.35. The van der Waals surface area contributed by atoms with E-state index in [0.29, 0.717) is 49.8 Å². The minimum absolute atomic E-state index is 0.0990. The summed E-state index contributed by atoms with van der Waals surface area (Å²) in [6.45, 7) is 7.31. The van der Waals surface area contributed by atoms with Crippen LogP contribution in [0.1, 0.15) is 58.4 Å². The van der Waals surface area contributed by atoms with Crippen LogP contribution < -0.4 is 10.1 Å². The van der Waals surface area contributed by atoms with Crippen LogP contribution in [0.4, 0.5) is 5.69 Å². The smallest absolute Gasteiger partial charge is 0.242 e. The lowest BCUT2D eigenvalue weighted by atomic mass is 10.1. The molecule has 1 heterocycles. The van der Waals surface area contributed by atoms with E-state index >= 15 is 0 Å². The van der Waals surface area contributed by atoms with E-state index in [-0.39, 0.29) is 24.1 Å². The molecule has 2 rings (SSSR count). The van der Waals surface area contributed by atoms with Crippen molar-refractivity contribution in [1.29, 1.82) is 0 Å². The fraction of sp³-hybridized carbons (Fsp3) is 0.591. The van der Waals surface area contributed by atoms with Crippen molar-refractivity contribution in [3.8, 4) is 5.75 Å². The van der Waals surface area contributed by atoms with Crippen LogP contribution in [0, 0.1) is 5.92 Å². The Morgan fingerprint density at radius 2 is 2.07 bits per heavy atom. The number of nitrogens with zero attached hydrogens (tertiary/aromatic N) is 1. The lowest BCUT2D eigenvalue weighted by molar-refractivity contribution is -0.138. The highest BCUT2D eigenvalue weighted by atomic mass is 32.1. The van der Waals surface area contributed by atoms with Crippen LogP contribution in [0.5, 0.6) is 5.75 Å². The van der Waals surface area contributed by atoms with Crippen molar-refractivity contribution in [2.45, 2.75) is 64.5 Å². The third-order valence-electron chi connectivity index (χ3n) is 4.93. The van der Waals surface area contributed by atoms with Gasteiger partial charge in [-0.05, 0) is 49.3 Å². The highest BCUT2D eigenvalue weighted by molar-refractivity contribution is 7.81. The molecule has 1 unspecified atom stereocenters. The van der Waals surface area contributed by atoms with Crippen molar-refractivity contribution in [1.82, 2.24) is 4.90 Å². The first-order valence-corrected chi connectivity index (χ1v) is 10.9. The standard InChI is InChI=1S/C22H32N2O4S/c1-4-16-8-9-18(28-12-10-15(2)3)17(13-16)23-20(25)7-5-6-11-24-21(26)14-19(29)22(24)27/h8-9,13,15,19,29H,4-7,10-12,14H2,1-3H3,(H,23,25). The Balaban J connectivity index is 1.84. The Morgan fingerprint density at radius 1 is 1.31 bits per heavy atom. The summed E-state index contributed by atoms with van der Waals surface area (Å²) in [5, 5.41) is 2.43. The van der Waals surface area contributed by atoms with Gasteiger partial charge in [0.15, 0.2) is 0 Å². The van der Waals surface area contributed by atoms with E-state index in [2.05, 4.69) is 38.7 Å². The van der Waals surface area contributed by atoms with Gasteiger partial charge in [-0.15, -0.1) is 0 Å². The van der Waals surface area contributed by atoms with Crippen LogP contribution in [-0.4, -0.2) is 41.0 Å². The van der Waals surface area contributed by atoms with Gasteiger partial charge in [0.25, 0.3) is 0 Å². The summed E-state index contributed by atoms with van der Waals surface area (Å²) in [4.78, 5) is 37.2. The van der Waals surface area contributed by atoms with Crippen molar-refractivity contribution in [2.75, 3.05) is 18.5 Å². The average molecular weight is 421 g/mol. The summed E-state index contributed by atoms with van der Waals surface area (Å²) < 4.78 is 5.87. The summed E-state index contributed by atoms with van der Waals surface area (Å²) in [6.07, 6.45) is 3.50. The number of nitrogens with one attached hydrogen (secondary N) is 1. The van der Waals surface area contributed by atoms with E-state index in [4.69, 9.17) is 4.74 Å². The van der Waals surface area contributed by atoms with Gasteiger partial charge in [0.1, 0.15) is 5.75 Å². The van der Waals surface area contributed by atoms with Gasteiger partial charge in [0.05, 0.1) is 17.5 Å². The number of hydrogen-bond acceptors (Lipinski definition) is 5. The number of thiol groups is 1. The Labute approximate surface area is 178 Å². The molecule has 0 aliphatic carbocycles. The Morgan fingerprint density at radius 3 is 2.69 bits per heavy atom. The van der Waals surface area contributed by atoms with Gasteiger partial charge in [-0.2, -0.15) is 12.6 Å². The maximum atomic E-state index is 12.4. The number of benzene rings is 1. The minimum atomic E-state index is -0.522. The third-order valence-corrected chi connectivity index (χ3v) is 5.34. The molecular weight excluding hydrogens is 388 g/mol. The molecule has 0 saturated carbocycles. The number of likely N-dealkylation sites (tertiary alicyclic amines) is 1. The molecule has 0 spiro atoms. The zero-order valence-corrected chi connectivity index (χ0v) is 18.5. The van der Waals surface area contributed by atoms with Crippen molar-refractivity contribution < 1.29 is 19.1 Å². The molecule has 1 aliphatic heterocycles. The second-order valence-electron chi connectivity index (χ2n) is 7.82. The number of aryl methyl sites for hydroxylation is 1. The summed E-state index contributed by atoms with van der Waals surface area (Å²) in [7, 11) is 0. The van der Waals surface area contributed by atoms with Gasteiger partial charge in [0.2, 0.25) is 17.7 Å². The number of unbranched alkanes of at least 4 members (excludes halogenated alkanes) is 1. The van der Waals surface area contributed by atoms with Crippen LogP contribution >= 0.6 is 12.6 Å². The van der Waals surface area contributed by atoms with Crippen LogP contribution in [0.15, 0.2) is 18.2 Å². The normalized spacial score (nSPS) is 16.6. The number of rotatable bonds is 11. The van der Waals surface area contributed by atoms with Crippen molar-refractivity contribution in [3.05, 3.63) is 23.8 Å². The molecule has 1 aromatic carbocycles. The summed E-state index contributed by atoms with van der Waals surface area (Å²) >= 11 is 4.11. The molecule has 0 aromatic heterocycles. The zero-order valence-electron chi connectivity index (χ0n) is 17.6. The minimum Gasteiger partial charge on any atom is -0.491 e. The molecule has 29 heavy (non-hydrogen) atoms.